The summed E-state index contributed by atoms with van der Waals surface area (Å²) in [4.78, 5) is 20.7. The summed E-state index contributed by atoms with van der Waals surface area (Å²) in [7, 11) is 0. The van der Waals surface area contributed by atoms with Crippen molar-refractivity contribution in [3.05, 3.63) is 77.1 Å². The van der Waals surface area contributed by atoms with Gasteiger partial charge in [0.2, 0.25) is 5.95 Å². The number of aryl methyl sites for hydroxylation is 1. The van der Waals surface area contributed by atoms with E-state index in [1.807, 2.05) is 32.0 Å². The first kappa shape index (κ1) is 19.3. The zero-order valence-corrected chi connectivity index (χ0v) is 15.1. The number of carbonyl (C=O) groups is 1. The average Bonchev–Trinajstić information content (AvgIpc) is 2.65. The Morgan fingerprint density at radius 2 is 1.71 bits per heavy atom. The van der Waals surface area contributed by atoms with Crippen molar-refractivity contribution in [2.45, 2.75) is 20.0 Å². The maximum atomic E-state index is 12.6. The highest BCUT2D eigenvalue weighted by molar-refractivity contribution is 6.03. The van der Waals surface area contributed by atoms with E-state index in [0.29, 0.717) is 0 Å². The molecule has 0 aliphatic carbocycles. The highest BCUT2D eigenvalue weighted by Crippen LogP contribution is 2.30. The summed E-state index contributed by atoms with van der Waals surface area (Å²) in [5.74, 6) is -0.306. The van der Waals surface area contributed by atoms with E-state index in [2.05, 4.69) is 20.6 Å². The molecule has 3 rings (SSSR count). The quantitative estimate of drug-likeness (QED) is 0.654. The Hall–Kier alpha value is -3.42. The molecule has 0 aliphatic rings. The van der Waals surface area contributed by atoms with Crippen LogP contribution in [-0.4, -0.2) is 15.9 Å². The molecule has 0 bridgehead atoms. The molecule has 2 N–H and O–H groups in total. The van der Waals surface area contributed by atoms with E-state index in [4.69, 9.17) is 0 Å². The average molecular weight is 386 g/mol. The van der Waals surface area contributed by atoms with Crippen LogP contribution in [-0.2, 0) is 6.18 Å². The highest BCUT2D eigenvalue weighted by Gasteiger charge is 2.30. The van der Waals surface area contributed by atoms with Gasteiger partial charge in [0.15, 0.2) is 0 Å². The van der Waals surface area contributed by atoms with Crippen LogP contribution in [0.5, 0.6) is 0 Å². The molecule has 1 aromatic heterocycles. The molecule has 144 valence electrons. The lowest BCUT2D eigenvalue weighted by molar-refractivity contribution is -0.137. The largest absolute Gasteiger partial charge is 0.416 e. The van der Waals surface area contributed by atoms with Crippen LogP contribution >= 0.6 is 0 Å². The first-order chi connectivity index (χ1) is 13.2. The molecule has 0 saturated carbocycles. The van der Waals surface area contributed by atoms with Gasteiger partial charge in [0.1, 0.15) is 5.69 Å². The fourth-order valence-corrected chi connectivity index (χ4v) is 2.49. The van der Waals surface area contributed by atoms with Gasteiger partial charge in [-0.1, -0.05) is 12.1 Å². The number of anilines is 3. The van der Waals surface area contributed by atoms with Crippen LogP contribution in [0.25, 0.3) is 0 Å². The second-order valence-electron chi connectivity index (χ2n) is 6.17. The van der Waals surface area contributed by atoms with Crippen LogP contribution in [0.15, 0.2) is 54.7 Å². The Labute approximate surface area is 159 Å². The van der Waals surface area contributed by atoms with Crippen molar-refractivity contribution < 1.29 is 18.0 Å². The van der Waals surface area contributed by atoms with Crippen LogP contribution in [0.4, 0.5) is 30.5 Å². The number of carbonyl (C=O) groups excluding carboxylic acids is 1. The van der Waals surface area contributed by atoms with Crippen molar-refractivity contribution in [2.75, 3.05) is 10.6 Å². The topological polar surface area (TPSA) is 66.9 Å². The van der Waals surface area contributed by atoms with Crippen molar-refractivity contribution in [3.63, 3.8) is 0 Å². The minimum atomic E-state index is -4.43. The van der Waals surface area contributed by atoms with Crippen molar-refractivity contribution in [2.24, 2.45) is 0 Å². The van der Waals surface area contributed by atoms with Gasteiger partial charge >= 0.3 is 6.18 Å². The molecule has 0 spiro atoms. The van der Waals surface area contributed by atoms with Crippen molar-refractivity contribution in [1.82, 2.24) is 9.97 Å². The van der Waals surface area contributed by atoms with Crippen molar-refractivity contribution in [3.8, 4) is 0 Å². The van der Waals surface area contributed by atoms with E-state index in [9.17, 15) is 18.0 Å². The number of rotatable bonds is 4. The minimum absolute atomic E-state index is 0.0858. The molecule has 0 atom stereocenters. The van der Waals surface area contributed by atoms with E-state index in [1.54, 1.807) is 0 Å². The van der Waals surface area contributed by atoms with Gasteiger partial charge < -0.3 is 10.6 Å². The summed E-state index contributed by atoms with van der Waals surface area (Å²) in [6, 6.07) is 11.4. The predicted molar refractivity (Wildman–Crippen MR) is 101 cm³/mol. The van der Waals surface area contributed by atoms with Crippen LogP contribution in [0.2, 0.25) is 0 Å². The molecule has 5 nitrogen and oxygen atoms in total. The Bertz CT molecular complexity index is 1000. The summed E-state index contributed by atoms with van der Waals surface area (Å²) in [5.41, 5.74) is 2.49. The van der Waals surface area contributed by atoms with Gasteiger partial charge in [0, 0.05) is 17.6 Å². The molecular weight excluding hydrogens is 369 g/mol. The molecule has 0 radical (unpaired) electrons. The summed E-state index contributed by atoms with van der Waals surface area (Å²) < 4.78 is 37.8. The van der Waals surface area contributed by atoms with E-state index < -0.39 is 17.6 Å². The molecule has 0 unspecified atom stereocenters. The van der Waals surface area contributed by atoms with E-state index in [0.717, 1.165) is 28.9 Å². The predicted octanol–water partition coefficient (Wildman–Crippen LogP) is 5.11. The number of hydrogen-bond donors (Lipinski definition) is 2. The number of halogens is 3. The van der Waals surface area contributed by atoms with Gasteiger partial charge in [-0.15, -0.1) is 0 Å². The van der Waals surface area contributed by atoms with E-state index in [1.165, 1.54) is 24.4 Å². The zero-order chi connectivity index (χ0) is 20.3. The first-order valence-corrected chi connectivity index (χ1v) is 8.39. The third-order valence-corrected chi connectivity index (χ3v) is 4.21. The maximum Gasteiger partial charge on any atom is 0.416 e. The van der Waals surface area contributed by atoms with E-state index in [-0.39, 0.29) is 17.3 Å². The van der Waals surface area contributed by atoms with Gasteiger partial charge in [0.25, 0.3) is 5.91 Å². The summed E-state index contributed by atoms with van der Waals surface area (Å²) in [6.45, 7) is 3.94. The van der Waals surface area contributed by atoms with Crippen molar-refractivity contribution >= 4 is 23.2 Å². The Balaban J connectivity index is 1.74. The van der Waals surface area contributed by atoms with Crippen molar-refractivity contribution in [1.29, 1.82) is 0 Å². The molecular formula is C20H17F3N4O. The number of hydrogen-bond acceptors (Lipinski definition) is 4. The maximum absolute atomic E-state index is 12.6. The van der Waals surface area contributed by atoms with Gasteiger partial charge in [-0.25, -0.2) is 9.97 Å². The molecule has 1 amide bonds. The van der Waals surface area contributed by atoms with Gasteiger partial charge in [-0.3, -0.25) is 4.79 Å². The lowest BCUT2D eigenvalue weighted by Gasteiger charge is -2.11. The standard InChI is InChI=1S/C20H17F3N4O/c1-12-4-3-5-16(13(12)2)26-19-24-11-10-17(27-19)18(28)25-15-8-6-14(7-9-15)20(21,22)23/h3-11H,1-2H3,(H,25,28)(H,24,26,27). The Kier molecular flexibility index (Phi) is 5.30. The molecule has 28 heavy (non-hydrogen) atoms. The monoisotopic (exact) mass is 386 g/mol. The molecule has 1 heterocycles. The fraction of sp³-hybridized carbons (Fsp3) is 0.150. The molecule has 0 aliphatic heterocycles. The number of alkyl halides is 3. The number of nitrogens with zero attached hydrogens (tertiary/aromatic N) is 2. The van der Waals surface area contributed by atoms with Crippen LogP contribution in [0.1, 0.15) is 27.2 Å². The smallest absolute Gasteiger partial charge is 0.324 e. The summed E-state index contributed by atoms with van der Waals surface area (Å²) in [5, 5.41) is 5.59. The second-order valence-corrected chi connectivity index (χ2v) is 6.17. The normalized spacial score (nSPS) is 11.2. The molecule has 0 saturated heterocycles. The van der Waals surface area contributed by atoms with Gasteiger partial charge in [-0.05, 0) is 61.4 Å². The van der Waals surface area contributed by atoms with E-state index >= 15 is 0 Å². The third-order valence-electron chi connectivity index (χ3n) is 4.21. The minimum Gasteiger partial charge on any atom is -0.324 e. The SMILES string of the molecule is Cc1cccc(Nc2nccc(C(=O)Nc3ccc(C(F)(F)F)cc3)n2)c1C. The van der Waals surface area contributed by atoms with Crippen LogP contribution in [0, 0.1) is 13.8 Å². The number of amides is 1. The molecule has 0 fully saturated rings. The van der Waals surface area contributed by atoms with Crippen LogP contribution in [0.3, 0.4) is 0 Å². The zero-order valence-electron chi connectivity index (χ0n) is 15.1. The van der Waals surface area contributed by atoms with Gasteiger partial charge in [0.05, 0.1) is 5.56 Å². The number of nitrogens with one attached hydrogen (secondary N) is 2. The highest BCUT2D eigenvalue weighted by atomic mass is 19.4. The third kappa shape index (κ3) is 4.46. The van der Waals surface area contributed by atoms with Gasteiger partial charge in [-0.2, -0.15) is 13.2 Å². The lowest BCUT2D eigenvalue weighted by atomic mass is 10.1. The molecule has 3 aromatic rings. The number of aromatic nitrogens is 2. The Morgan fingerprint density at radius 3 is 2.39 bits per heavy atom. The number of benzene rings is 2. The Morgan fingerprint density at radius 1 is 1.00 bits per heavy atom. The fourth-order valence-electron chi connectivity index (χ4n) is 2.49. The summed E-state index contributed by atoms with van der Waals surface area (Å²) >= 11 is 0. The first-order valence-electron chi connectivity index (χ1n) is 8.39. The molecule has 2 aromatic carbocycles. The summed E-state index contributed by atoms with van der Waals surface area (Å²) in [6.07, 6.45) is -2.99. The second kappa shape index (κ2) is 7.67. The lowest BCUT2D eigenvalue weighted by Crippen LogP contribution is -2.15. The van der Waals surface area contributed by atoms with Crippen LogP contribution < -0.4 is 10.6 Å². The molecule has 8 heteroatoms.